The number of nitrogens with zero attached hydrogens (tertiary/aromatic N) is 2. The summed E-state index contributed by atoms with van der Waals surface area (Å²) in [5, 5.41) is 0.586. The molecule has 0 heterocycles. The maximum absolute atomic E-state index is 5.61. The molecule has 2 N–H and O–H groups in total. The Morgan fingerprint density at radius 3 is 2.29 bits per heavy atom. The summed E-state index contributed by atoms with van der Waals surface area (Å²) in [6, 6.07) is 7.95. The first-order chi connectivity index (χ1) is 6.63. The third-order valence-corrected chi connectivity index (χ3v) is 2.32. The van der Waals surface area contributed by atoms with Crippen LogP contribution in [0.15, 0.2) is 29.3 Å². The minimum Gasteiger partial charge on any atom is -0.378 e. The summed E-state index contributed by atoms with van der Waals surface area (Å²) in [5.41, 5.74) is 7.66. The van der Waals surface area contributed by atoms with Gasteiger partial charge in [-0.3, -0.25) is 0 Å². The van der Waals surface area contributed by atoms with E-state index < -0.39 is 0 Å². The van der Waals surface area contributed by atoms with Gasteiger partial charge in [0, 0.05) is 19.8 Å². The minimum absolute atomic E-state index is 0.586. The van der Waals surface area contributed by atoms with Gasteiger partial charge in [-0.2, -0.15) is 0 Å². The van der Waals surface area contributed by atoms with Crippen molar-refractivity contribution >= 4 is 28.3 Å². The lowest BCUT2D eigenvalue weighted by Gasteiger charge is -2.11. The normalized spacial score (nSPS) is 11.5. The predicted molar refractivity (Wildman–Crippen MR) is 65.6 cm³/mol. The van der Waals surface area contributed by atoms with Crippen LogP contribution in [0.2, 0.25) is 0 Å². The summed E-state index contributed by atoms with van der Waals surface area (Å²) in [6.45, 7) is 0. The maximum Gasteiger partial charge on any atom is 0.158 e. The standard InChI is InChI=1S/C10H15N3S/c1-13(2)9-6-4-8(5-7-9)12-10(11)14-3/h4-7H,1-3H3,(H2,11,12). The number of thioether (sulfide) groups is 1. The summed E-state index contributed by atoms with van der Waals surface area (Å²) in [5.74, 6) is 0. The molecule has 0 aliphatic carbocycles. The Balaban J connectivity index is 2.84. The fourth-order valence-corrected chi connectivity index (χ4v) is 1.19. The van der Waals surface area contributed by atoms with E-state index in [1.165, 1.54) is 11.8 Å². The lowest BCUT2D eigenvalue weighted by Crippen LogP contribution is -2.08. The monoisotopic (exact) mass is 209 g/mol. The fraction of sp³-hybridized carbons (Fsp3) is 0.300. The van der Waals surface area contributed by atoms with Crippen LogP contribution in [-0.2, 0) is 0 Å². The van der Waals surface area contributed by atoms with Crippen molar-refractivity contribution in [3.8, 4) is 0 Å². The van der Waals surface area contributed by atoms with Crippen molar-refractivity contribution in [2.45, 2.75) is 0 Å². The predicted octanol–water partition coefficient (Wildman–Crippen LogP) is 2.06. The van der Waals surface area contributed by atoms with Gasteiger partial charge in [0.25, 0.3) is 0 Å². The van der Waals surface area contributed by atoms with E-state index in [9.17, 15) is 0 Å². The fourth-order valence-electron chi connectivity index (χ4n) is 0.998. The molecular formula is C10H15N3S. The van der Waals surface area contributed by atoms with E-state index in [1.807, 2.05) is 49.5 Å². The smallest absolute Gasteiger partial charge is 0.158 e. The largest absolute Gasteiger partial charge is 0.378 e. The summed E-state index contributed by atoms with van der Waals surface area (Å²) >= 11 is 1.45. The zero-order valence-corrected chi connectivity index (χ0v) is 9.51. The zero-order valence-electron chi connectivity index (χ0n) is 8.69. The quantitative estimate of drug-likeness (QED) is 0.599. The first-order valence-electron chi connectivity index (χ1n) is 4.29. The molecule has 0 spiro atoms. The van der Waals surface area contributed by atoms with Crippen LogP contribution in [0.25, 0.3) is 0 Å². The lowest BCUT2D eigenvalue weighted by molar-refractivity contribution is 1.13. The summed E-state index contributed by atoms with van der Waals surface area (Å²) < 4.78 is 0. The number of benzene rings is 1. The second kappa shape index (κ2) is 4.91. The SMILES string of the molecule is CSC(N)=Nc1ccc(N(C)C)cc1. The van der Waals surface area contributed by atoms with E-state index in [1.54, 1.807) is 0 Å². The second-order valence-corrected chi connectivity index (χ2v) is 3.89. The molecule has 0 radical (unpaired) electrons. The first kappa shape index (κ1) is 10.9. The molecule has 14 heavy (non-hydrogen) atoms. The van der Waals surface area contributed by atoms with Crippen LogP contribution in [0.1, 0.15) is 0 Å². The molecule has 76 valence electrons. The molecule has 0 saturated heterocycles. The molecule has 0 aliphatic rings. The van der Waals surface area contributed by atoms with Crippen LogP contribution in [0.5, 0.6) is 0 Å². The van der Waals surface area contributed by atoms with Gasteiger partial charge < -0.3 is 10.6 Å². The highest BCUT2D eigenvalue weighted by Crippen LogP contribution is 2.18. The van der Waals surface area contributed by atoms with Crippen LogP contribution < -0.4 is 10.6 Å². The molecule has 0 bridgehead atoms. The Labute approximate surface area is 89.0 Å². The van der Waals surface area contributed by atoms with E-state index >= 15 is 0 Å². The van der Waals surface area contributed by atoms with Crippen molar-refractivity contribution in [2.75, 3.05) is 25.3 Å². The second-order valence-electron chi connectivity index (χ2n) is 3.06. The summed E-state index contributed by atoms with van der Waals surface area (Å²) in [6.07, 6.45) is 1.91. The molecule has 0 saturated carbocycles. The average molecular weight is 209 g/mol. The molecule has 3 nitrogen and oxygen atoms in total. The number of aliphatic imine (C=N–C) groups is 1. The molecular weight excluding hydrogens is 194 g/mol. The number of hydrogen-bond acceptors (Lipinski definition) is 3. The maximum atomic E-state index is 5.61. The van der Waals surface area contributed by atoms with Gasteiger partial charge in [-0.05, 0) is 30.5 Å². The molecule has 0 atom stereocenters. The van der Waals surface area contributed by atoms with Gasteiger partial charge in [-0.25, -0.2) is 4.99 Å². The van der Waals surface area contributed by atoms with Gasteiger partial charge >= 0.3 is 0 Å². The van der Waals surface area contributed by atoms with Crippen molar-refractivity contribution in [3.05, 3.63) is 24.3 Å². The highest BCUT2D eigenvalue weighted by atomic mass is 32.2. The van der Waals surface area contributed by atoms with Gasteiger partial charge in [-0.15, -0.1) is 0 Å². The van der Waals surface area contributed by atoms with Gasteiger partial charge in [0.05, 0.1) is 5.69 Å². The van der Waals surface area contributed by atoms with Gasteiger partial charge in [0.2, 0.25) is 0 Å². The van der Waals surface area contributed by atoms with Crippen molar-refractivity contribution in [1.29, 1.82) is 0 Å². The molecule has 1 rings (SSSR count). The van der Waals surface area contributed by atoms with E-state index in [4.69, 9.17) is 5.73 Å². The molecule has 0 amide bonds. The van der Waals surface area contributed by atoms with Crippen LogP contribution in [0.4, 0.5) is 11.4 Å². The van der Waals surface area contributed by atoms with E-state index in [2.05, 4.69) is 4.99 Å². The lowest BCUT2D eigenvalue weighted by atomic mass is 10.3. The number of nitrogens with two attached hydrogens (primary N) is 1. The molecule has 0 aromatic heterocycles. The molecule has 1 aromatic rings. The van der Waals surface area contributed by atoms with Crippen LogP contribution >= 0.6 is 11.8 Å². The third-order valence-electron chi connectivity index (χ3n) is 1.81. The van der Waals surface area contributed by atoms with Crippen molar-refractivity contribution in [1.82, 2.24) is 0 Å². The average Bonchev–Trinajstić information content (AvgIpc) is 2.18. The molecule has 1 aromatic carbocycles. The Morgan fingerprint density at radius 1 is 1.29 bits per heavy atom. The van der Waals surface area contributed by atoms with Gasteiger partial charge in [-0.1, -0.05) is 11.8 Å². The Bertz CT molecular complexity index is 317. The van der Waals surface area contributed by atoms with Crippen molar-refractivity contribution in [3.63, 3.8) is 0 Å². The first-order valence-corrected chi connectivity index (χ1v) is 5.51. The number of hydrogen-bond donors (Lipinski definition) is 1. The van der Waals surface area contributed by atoms with E-state index in [0.717, 1.165) is 11.4 Å². The highest BCUT2D eigenvalue weighted by Gasteiger charge is 1.95. The third kappa shape index (κ3) is 2.96. The highest BCUT2D eigenvalue weighted by molar-refractivity contribution is 8.13. The van der Waals surface area contributed by atoms with Crippen molar-refractivity contribution in [2.24, 2.45) is 10.7 Å². The van der Waals surface area contributed by atoms with Crippen LogP contribution in [0.3, 0.4) is 0 Å². The minimum atomic E-state index is 0.586. The van der Waals surface area contributed by atoms with Crippen LogP contribution in [0, 0.1) is 0 Å². The molecule has 0 fully saturated rings. The Kier molecular flexibility index (Phi) is 3.83. The van der Waals surface area contributed by atoms with Gasteiger partial charge in [0.1, 0.15) is 0 Å². The molecule has 4 heteroatoms. The topological polar surface area (TPSA) is 41.6 Å². The summed E-state index contributed by atoms with van der Waals surface area (Å²) in [4.78, 5) is 6.26. The number of anilines is 1. The number of amidine groups is 1. The van der Waals surface area contributed by atoms with Gasteiger partial charge in [0.15, 0.2) is 5.17 Å². The van der Waals surface area contributed by atoms with E-state index in [0.29, 0.717) is 5.17 Å². The van der Waals surface area contributed by atoms with Crippen molar-refractivity contribution < 1.29 is 0 Å². The Hall–Kier alpha value is -1.16. The van der Waals surface area contributed by atoms with Crippen LogP contribution in [-0.4, -0.2) is 25.5 Å². The van der Waals surface area contributed by atoms with E-state index in [-0.39, 0.29) is 0 Å². The summed E-state index contributed by atoms with van der Waals surface area (Å²) in [7, 11) is 4.02. The molecule has 0 unspecified atom stereocenters. The molecule has 0 aliphatic heterocycles. The Morgan fingerprint density at radius 2 is 1.86 bits per heavy atom. The zero-order chi connectivity index (χ0) is 10.6. The number of rotatable bonds is 2.